The smallest absolute Gasteiger partial charge is 0.333 e. The Morgan fingerprint density at radius 2 is 1.72 bits per heavy atom. The maximum absolute atomic E-state index is 12.0. The van der Waals surface area contributed by atoms with Crippen molar-refractivity contribution in [3.8, 4) is 24.7 Å². The van der Waals surface area contributed by atoms with Crippen LogP contribution >= 0.6 is 0 Å². The van der Waals surface area contributed by atoms with Crippen molar-refractivity contribution in [3.05, 3.63) is 0 Å². The van der Waals surface area contributed by atoms with Gasteiger partial charge in [-0.3, -0.25) is 9.80 Å². The van der Waals surface area contributed by atoms with Crippen molar-refractivity contribution in [2.45, 2.75) is 19.7 Å². The molecule has 0 bridgehead atoms. The van der Waals surface area contributed by atoms with Gasteiger partial charge in [0.05, 0.1) is 13.1 Å². The number of aliphatic hydroxyl groups excluding tert-OH is 1. The highest BCUT2D eigenvalue weighted by molar-refractivity contribution is 5.96. The molecule has 0 spiro atoms. The van der Waals surface area contributed by atoms with Gasteiger partial charge in [0.2, 0.25) is 6.35 Å². The van der Waals surface area contributed by atoms with Crippen LogP contribution in [-0.2, 0) is 0 Å². The lowest BCUT2D eigenvalue weighted by Crippen LogP contribution is -2.66. The van der Waals surface area contributed by atoms with E-state index in [-0.39, 0.29) is 13.1 Å². The summed E-state index contributed by atoms with van der Waals surface area (Å²) in [5.74, 6) is 4.50. The standard InChI is InChI=1S/C12H15N3O3/c1-4-7-13-10(16)14(8-5-2)12(18)15(9-6-3)11(13)17/h1-2,11,17H,6-9H2,3H3. The van der Waals surface area contributed by atoms with E-state index < -0.39 is 18.4 Å². The van der Waals surface area contributed by atoms with E-state index in [1.807, 2.05) is 6.92 Å². The van der Waals surface area contributed by atoms with Gasteiger partial charge in [-0.15, -0.1) is 12.8 Å². The van der Waals surface area contributed by atoms with E-state index in [1.54, 1.807) is 0 Å². The van der Waals surface area contributed by atoms with Gasteiger partial charge in [0.25, 0.3) is 0 Å². The van der Waals surface area contributed by atoms with Crippen LogP contribution in [0.2, 0.25) is 0 Å². The number of hydrogen-bond acceptors (Lipinski definition) is 3. The van der Waals surface area contributed by atoms with E-state index in [4.69, 9.17) is 12.8 Å². The summed E-state index contributed by atoms with van der Waals surface area (Å²) < 4.78 is 0. The largest absolute Gasteiger partial charge is 0.356 e. The Morgan fingerprint density at radius 1 is 1.17 bits per heavy atom. The second kappa shape index (κ2) is 5.95. The highest BCUT2D eigenvalue weighted by Crippen LogP contribution is 2.17. The molecule has 0 aliphatic carbocycles. The third-order valence-corrected chi connectivity index (χ3v) is 2.49. The summed E-state index contributed by atoms with van der Waals surface area (Å²) in [5.41, 5.74) is 0. The SMILES string of the molecule is C#CCN1C(=O)N(CC#C)C(O)N(CCC)C1=O. The molecular formula is C12H15N3O3. The quantitative estimate of drug-likeness (QED) is 0.719. The number of carbonyl (C=O) groups is 2. The molecule has 1 saturated heterocycles. The fourth-order valence-corrected chi connectivity index (χ4v) is 1.68. The molecule has 0 aromatic carbocycles. The van der Waals surface area contributed by atoms with Crippen LogP contribution in [0.3, 0.4) is 0 Å². The topological polar surface area (TPSA) is 64.1 Å². The molecule has 1 N–H and O–H groups in total. The molecule has 1 rings (SSSR count). The predicted octanol–water partition coefficient (Wildman–Crippen LogP) is 0.0983. The molecule has 1 unspecified atom stereocenters. The molecule has 96 valence electrons. The van der Waals surface area contributed by atoms with Gasteiger partial charge in [0.15, 0.2) is 0 Å². The van der Waals surface area contributed by atoms with Crippen molar-refractivity contribution in [1.29, 1.82) is 0 Å². The second-order valence-electron chi connectivity index (χ2n) is 3.73. The van der Waals surface area contributed by atoms with Crippen LogP contribution in [0.25, 0.3) is 0 Å². The predicted molar refractivity (Wildman–Crippen MR) is 64.9 cm³/mol. The van der Waals surface area contributed by atoms with E-state index in [1.165, 1.54) is 0 Å². The maximum atomic E-state index is 12.0. The van der Waals surface area contributed by atoms with Crippen LogP contribution < -0.4 is 0 Å². The maximum Gasteiger partial charge on any atom is 0.333 e. The van der Waals surface area contributed by atoms with Crippen molar-refractivity contribution in [2.75, 3.05) is 19.6 Å². The second-order valence-corrected chi connectivity index (χ2v) is 3.73. The van der Waals surface area contributed by atoms with Gasteiger partial charge in [0, 0.05) is 6.54 Å². The molecule has 1 atom stereocenters. The van der Waals surface area contributed by atoms with Crippen molar-refractivity contribution < 1.29 is 14.7 Å². The van der Waals surface area contributed by atoms with Crippen molar-refractivity contribution in [2.24, 2.45) is 0 Å². The van der Waals surface area contributed by atoms with Crippen LogP contribution in [0, 0.1) is 24.7 Å². The fraction of sp³-hybridized carbons (Fsp3) is 0.500. The normalized spacial score (nSPS) is 19.8. The zero-order valence-corrected chi connectivity index (χ0v) is 10.2. The molecule has 1 aliphatic rings. The van der Waals surface area contributed by atoms with Gasteiger partial charge in [0.1, 0.15) is 0 Å². The van der Waals surface area contributed by atoms with Crippen LogP contribution in [0.5, 0.6) is 0 Å². The lowest BCUT2D eigenvalue weighted by Gasteiger charge is -2.43. The number of imide groups is 1. The number of rotatable bonds is 4. The number of carbonyl (C=O) groups excluding carboxylic acids is 2. The Kier molecular flexibility index (Phi) is 4.59. The minimum atomic E-state index is -1.34. The summed E-state index contributed by atoms with van der Waals surface area (Å²) in [6, 6.07) is -1.27. The van der Waals surface area contributed by atoms with E-state index >= 15 is 0 Å². The molecule has 0 radical (unpaired) electrons. The first kappa shape index (κ1) is 13.9. The molecule has 6 heteroatoms. The molecular weight excluding hydrogens is 234 g/mol. The van der Waals surface area contributed by atoms with Crippen LogP contribution in [0.15, 0.2) is 0 Å². The lowest BCUT2D eigenvalue weighted by atomic mass is 10.3. The molecule has 18 heavy (non-hydrogen) atoms. The first-order chi connectivity index (χ1) is 8.58. The van der Waals surface area contributed by atoms with Crippen LogP contribution in [-0.4, -0.2) is 57.9 Å². The fourth-order valence-electron chi connectivity index (χ4n) is 1.68. The molecule has 1 fully saturated rings. The number of amides is 4. The molecule has 4 amide bonds. The molecule has 0 saturated carbocycles. The summed E-state index contributed by atoms with van der Waals surface area (Å²) in [7, 11) is 0. The first-order valence-electron chi connectivity index (χ1n) is 5.52. The van der Waals surface area contributed by atoms with Crippen molar-refractivity contribution in [1.82, 2.24) is 14.7 Å². The third-order valence-electron chi connectivity index (χ3n) is 2.49. The summed E-state index contributed by atoms with van der Waals surface area (Å²) in [6.07, 6.45) is 9.57. The zero-order valence-electron chi connectivity index (χ0n) is 10.2. The van der Waals surface area contributed by atoms with Gasteiger partial charge in [-0.05, 0) is 6.42 Å². The molecule has 1 aliphatic heterocycles. The Morgan fingerprint density at radius 3 is 2.22 bits per heavy atom. The van der Waals surface area contributed by atoms with Crippen molar-refractivity contribution in [3.63, 3.8) is 0 Å². The first-order valence-corrected chi connectivity index (χ1v) is 5.52. The molecule has 6 nitrogen and oxygen atoms in total. The van der Waals surface area contributed by atoms with Crippen LogP contribution in [0.1, 0.15) is 13.3 Å². The number of nitrogens with zero attached hydrogens (tertiary/aromatic N) is 3. The molecule has 0 aromatic rings. The number of hydrogen-bond donors (Lipinski definition) is 1. The highest BCUT2D eigenvalue weighted by Gasteiger charge is 2.42. The third kappa shape index (κ3) is 2.39. The lowest BCUT2D eigenvalue weighted by molar-refractivity contribution is -0.0867. The zero-order chi connectivity index (χ0) is 13.7. The Hall–Kier alpha value is -2.18. The van der Waals surface area contributed by atoms with E-state index in [0.717, 1.165) is 14.7 Å². The van der Waals surface area contributed by atoms with Gasteiger partial charge in [-0.1, -0.05) is 18.8 Å². The summed E-state index contributed by atoms with van der Waals surface area (Å²) in [4.78, 5) is 27.0. The van der Waals surface area contributed by atoms with Gasteiger partial charge in [-0.25, -0.2) is 14.5 Å². The Bertz CT molecular complexity index is 421. The average molecular weight is 249 g/mol. The van der Waals surface area contributed by atoms with E-state index in [9.17, 15) is 14.7 Å². The molecule has 1 heterocycles. The summed E-state index contributed by atoms with van der Waals surface area (Å²) >= 11 is 0. The Balaban J connectivity index is 3.03. The molecule has 0 aromatic heterocycles. The van der Waals surface area contributed by atoms with Crippen molar-refractivity contribution >= 4 is 12.1 Å². The number of aliphatic hydroxyl groups is 1. The van der Waals surface area contributed by atoms with E-state index in [2.05, 4.69) is 11.8 Å². The van der Waals surface area contributed by atoms with E-state index in [0.29, 0.717) is 13.0 Å². The summed E-state index contributed by atoms with van der Waals surface area (Å²) in [5, 5.41) is 9.95. The number of terminal acetylenes is 2. The number of urea groups is 2. The highest BCUT2D eigenvalue weighted by atomic mass is 16.3. The average Bonchev–Trinajstić information content (AvgIpc) is 2.35. The summed E-state index contributed by atoms with van der Waals surface area (Å²) in [6.45, 7) is 1.93. The minimum Gasteiger partial charge on any atom is -0.356 e. The van der Waals surface area contributed by atoms with Crippen LogP contribution in [0.4, 0.5) is 9.59 Å². The van der Waals surface area contributed by atoms with Gasteiger partial charge < -0.3 is 5.11 Å². The van der Waals surface area contributed by atoms with Gasteiger partial charge in [-0.2, -0.15) is 0 Å². The van der Waals surface area contributed by atoms with Gasteiger partial charge >= 0.3 is 12.1 Å². The minimum absolute atomic E-state index is 0.0887. The Labute approximate surface area is 106 Å². The monoisotopic (exact) mass is 249 g/mol.